The highest BCUT2D eigenvalue weighted by atomic mass is 32.2. The monoisotopic (exact) mass is 377 g/mol. The molecule has 0 fully saturated rings. The first kappa shape index (κ1) is 19.9. The quantitative estimate of drug-likeness (QED) is 0.705. The van der Waals surface area contributed by atoms with Gasteiger partial charge in [-0.05, 0) is 50.7 Å². The highest BCUT2D eigenvalue weighted by Gasteiger charge is 2.20. The second kappa shape index (κ2) is 8.83. The van der Waals surface area contributed by atoms with Gasteiger partial charge in [-0.2, -0.15) is 0 Å². The Hall–Kier alpha value is -1.37. The molecule has 0 radical (unpaired) electrons. The summed E-state index contributed by atoms with van der Waals surface area (Å²) in [4.78, 5) is 20.1. The summed E-state index contributed by atoms with van der Waals surface area (Å²) in [5.74, 6) is 0.840. The largest absolute Gasteiger partial charge is 0.351 e. The predicted octanol–water partition coefficient (Wildman–Crippen LogP) is 4.06. The maximum absolute atomic E-state index is 12.3. The molecule has 0 aliphatic rings. The molecule has 0 atom stereocenters. The molecule has 0 saturated heterocycles. The van der Waals surface area contributed by atoms with Crippen LogP contribution in [0.1, 0.15) is 34.9 Å². The van der Waals surface area contributed by atoms with E-state index in [0.717, 1.165) is 27.9 Å². The van der Waals surface area contributed by atoms with Crippen LogP contribution in [-0.4, -0.2) is 43.0 Å². The Balaban J connectivity index is 1.85. The second-order valence-corrected chi connectivity index (χ2v) is 9.37. The number of nitrogens with one attached hydrogen (secondary N) is 1. The number of nitrogens with zero attached hydrogens (tertiary/aromatic N) is 2. The fourth-order valence-corrected chi connectivity index (χ4v) is 4.18. The Labute approximate surface area is 159 Å². The van der Waals surface area contributed by atoms with E-state index in [9.17, 15) is 4.79 Å². The van der Waals surface area contributed by atoms with Gasteiger partial charge in [0.2, 0.25) is 0 Å². The van der Waals surface area contributed by atoms with Crippen LogP contribution in [0.25, 0.3) is 0 Å². The lowest BCUT2D eigenvalue weighted by molar-refractivity contribution is 0.0929. The topological polar surface area (TPSA) is 45.2 Å². The van der Waals surface area contributed by atoms with E-state index >= 15 is 0 Å². The van der Waals surface area contributed by atoms with E-state index in [4.69, 9.17) is 0 Å². The normalized spacial score (nSPS) is 11.8. The van der Waals surface area contributed by atoms with Crippen molar-refractivity contribution in [2.75, 3.05) is 27.2 Å². The van der Waals surface area contributed by atoms with E-state index in [1.165, 1.54) is 0 Å². The number of amides is 1. The first-order valence-electron chi connectivity index (χ1n) is 8.32. The number of carbonyl (C=O) groups excluding carboxylic acids is 1. The van der Waals surface area contributed by atoms with Crippen LogP contribution in [0.4, 0.5) is 0 Å². The standard InChI is InChI=1S/C19H27N3OS2/c1-14-21-16(10-24-14)11-25-17-8-6-15(7-9-17)18(23)20-12-19(2,3)13-22(4)5/h6-10H,11-13H2,1-5H3,(H,20,23). The summed E-state index contributed by atoms with van der Waals surface area (Å²) in [5, 5.41) is 6.24. The lowest BCUT2D eigenvalue weighted by Crippen LogP contribution is -2.39. The van der Waals surface area contributed by atoms with Crippen LogP contribution in [-0.2, 0) is 5.75 Å². The van der Waals surface area contributed by atoms with Gasteiger partial charge in [0.05, 0.1) is 10.7 Å². The highest BCUT2D eigenvalue weighted by Crippen LogP contribution is 2.24. The van der Waals surface area contributed by atoms with Crippen molar-refractivity contribution in [3.05, 3.63) is 45.9 Å². The molecule has 0 spiro atoms. The molecule has 2 rings (SSSR count). The number of thioether (sulfide) groups is 1. The molecule has 2 aromatic rings. The van der Waals surface area contributed by atoms with Crippen LogP contribution in [0.2, 0.25) is 0 Å². The minimum atomic E-state index is -0.0153. The summed E-state index contributed by atoms with van der Waals surface area (Å²) in [6, 6.07) is 7.79. The van der Waals surface area contributed by atoms with Gasteiger partial charge in [0.25, 0.3) is 5.91 Å². The molecule has 1 amide bonds. The minimum Gasteiger partial charge on any atom is -0.351 e. The van der Waals surface area contributed by atoms with Crippen molar-refractivity contribution >= 4 is 29.0 Å². The van der Waals surface area contributed by atoms with Gasteiger partial charge in [-0.25, -0.2) is 4.98 Å². The Morgan fingerprint density at radius 3 is 2.52 bits per heavy atom. The third-order valence-corrected chi connectivity index (χ3v) is 5.51. The van der Waals surface area contributed by atoms with Crippen molar-refractivity contribution < 1.29 is 4.79 Å². The van der Waals surface area contributed by atoms with Gasteiger partial charge >= 0.3 is 0 Å². The van der Waals surface area contributed by atoms with Crippen LogP contribution < -0.4 is 5.32 Å². The van der Waals surface area contributed by atoms with Crippen molar-refractivity contribution in [2.24, 2.45) is 5.41 Å². The first-order valence-corrected chi connectivity index (χ1v) is 10.2. The summed E-state index contributed by atoms with van der Waals surface area (Å²) in [6.45, 7) is 7.93. The third kappa shape index (κ3) is 6.80. The molecule has 1 aromatic carbocycles. The summed E-state index contributed by atoms with van der Waals surface area (Å²) >= 11 is 3.42. The zero-order chi connectivity index (χ0) is 18.4. The molecule has 1 heterocycles. The van der Waals surface area contributed by atoms with Crippen molar-refractivity contribution in [3.63, 3.8) is 0 Å². The van der Waals surface area contributed by atoms with Gasteiger partial charge in [0.15, 0.2) is 0 Å². The minimum absolute atomic E-state index is 0.0153. The predicted molar refractivity (Wildman–Crippen MR) is 108 cm³/mol. The molecular weight excluding hydrogens is 350 g/mol. The first-order chi connectivity index (χ1) is 11.7. The van der Waals surface area contributed by atoms with Crippen molar-refractivity contribution in [1.29, 1.82) is 0 Å². The number of benzene rings is 1. The number of hydrogen-bond donors (Lipinski definition) is 1. The zero-order valence-corrected chi connectivity index (χ0v) is 17.3. The smallest absolute Gasteiger partial charge is 0.251 e. The molecule has 4 nitrogen and oxygen atoms in total. The van der Waals surface area contributed by atoms with Crippen LogP contribution in [0.15, 0.2) is 34.5 Å². The van der Waals surface area contributed by atoms with Crippen LogP contribution in [0.5, 0.6) is 0 Å². The average Bonchev–Trinajstić information content (AvgIpc) is 2.95. The Morgan fingerprint density at radius 1 is 1.28 bits per heavy atom. The lowest BCUT2D eigenvalue weighted by Gasteiger charge is -2.28. The van der Waals surface area contributed by atoms with Crippen LogP contribution in [0.3, 0.4) is 0 Å². The zero-order valence-electron chi connectivity index (χ0n) is 15.6. The molecule has 6 heteroatoms. The maximum atomic E-state index is 12.3. The van der Waals surface area contributed by atoms with Crippen LogP contribution in [0, 0.1) is 12.3 Å². The van der Waals surface area contributed by atoms with Gasteiger partial charge < -0.3 is 10.2 Å². The van der Waals surface area contributed by atoms with Gasteiger partial charge in [-0.3, -0.25) is 4.79 Å². The molecule has 1 N–H and O–H groups in total. The van der Waals surface area contributed by atoms with E-state index in [2.05, 4.69) is 34.4 Å². The molecule has 0 aliphatic heterocycles. The van der Waals surface area contributed by atoms with Gasteiger partial charge in [0.1, 0.15) is 0 Å². The number of carbonyl (C=O) groups is 1. The number of rotatable bonds is 8. The fourth-order valence-electron chi connectivity index (χ4n) is 2.67. The number of aromatic nitrogens is 1. The molecule has 25 heavy (non-hydrogen) atoms. The van der Waals surface area contributed by atoms with E-state index < -0.39 is 0 Å². The maximum Gasteiger partial charge on any atom is 0.251 e. The van der Waals surface area contributed by atoms with Gasteiger partial charge in [-0.15, -0.1) is 23.1 Å². The molecule has 0 saturated carbocycles. The Morgan fingerprint density at radius 2 is 1.96 bits per heavy atom. The number of aryl methyl sites for hydroxylation is 1. The number of thiazole rings is 1. The van der Waals surface area contributed by atoms with Crippen LogP contribution >= 0.6 is 23.1 Å². The molecular formula is C19H27N3OS2. The Bertz CT molecular complexity index is 693. The molecule has 0 unspecified atom stereocenters. The molecule has 0 aliphatic carbocycles. The summed E-state index contributed by atoms with van der Waals surface area (Å²) in [6.07, 6.45) is 0. The molecule has 1 aromatic heterocycles. The average molecular weight is 378 g/mol. The Kier molecular flexibility index (Phi) is 7.04. The third-order valence-electron chi connectivity index (χ3n) is 3.64. The SMILES string of the molecule is Cc1nc(CSc2ccc(C(=O)NCC(C)(C)CN(C)C)cc2)cs1. The lowest BCUT2D eigenvalue weighted by atomic mass is 9.93. The number of hydrogen-bond acceptors (Lipinski definition) is 5. The van der Waals surface area contributed by atoms with E-state index in [1.54, 1.807) is 23.1 Å². The highest BCUT2D eigenvalue weighted by molar-refractivity contribution is 7.98. The van der Waals surface area contributed by atoms with E-state index in [-0.39, 0.29) is 11.3 Å². The van der Waals surface area contributed by atoms with Gasteiger partial charge in [-0.1, -0.05) is 13.8 Å². The molecule has 136 valence electrons. The summed E-state index contributed by atoms with van der Waals surface area (Å²) in [5.41, 5.74) is 1.85. The molecule has 0 bridgehead atoms. The van der Waals surface area contributed by atoms with Crippen molar-refractivity contribution in [1.82, 2.24) is 15.2 Å². The van der Waals surface area contributed by atoms with E-state index in [1.807, 2.05) is 45.3 Å². The van der Waals surface area contributed by atoms with Crippen molar-refractivity contribution in [2.45, 2.75) is 31.4 Å². The second-order valence-electron chi connectivity index (χ2n) is 7.26. The fraction of sp³-hybridized carbons (Fsp3) is 0.474. The van der Waals surface area contributed by atoms with Crippen molar-refractivity contribution in [3.8, 4) is 0 Å². The summed E-state index contributed by atoms with van der Waals surface area (Å²) in [7, 11) is 4.10. The van der Waals surface area contributed by atoms with E-state index in [0.29, 0.717) is 12.1 Å². The summed E-state index contributed by atoms with van der Waals surface area (Å²) < 4.78 is 0. The van der Waals surface area contributed by atoms with Gasteiger partial charge in [0, 0.05) is 34.7 Å².